The Morgan fingerprint density at radius 3 is 2.46 bits per heavy atom. The van der Waals surface area contributed by atoms with Crippen LogP contribution in [0.5, 0.6) is 5.75 Å². The van der Waals surface area contributed by atoms with Gasteiger partial charge in [-0.05, 0) is 62.8 Å². The van der Waals surface area contributed by atoms with Crippen molar-refractivity contribution < 1.29 is 43.0 Å². The van der Waals surface area contributed by atoms with Gasteiger partial charge >= 0.3 is 6.09 Å². The maximum atomic E-state index is 13.3. The second kappa shape index (κ2) is 17.5. The highest BCUT2D eigenvalue weighted by molar-refractivity contribution is 6.24. The van der Waals surface area contributed by atoms with Gasteiger partial charge in [-0.1, -0.05) is 31.9 Å². The van der Waals surface area contributed by atoms with Gasteiger partial charge in [0.05, 0.1) is 30.1 Å². The second-order valence-corrected chi connectivity index (χ2v) is 14.9. The fourth-order valence-electron chi connectivity index (χ4n) is 8.14. The average Bonchev–Trinajstić information content (AvgIpc) is 3.86. The lowest BCUT2D eigenvalue weighted by Crippen LogP contribution is -2.55. The minimum Gasteiger partial charge on any atom is -0.495 e. The highest BCUT2D eigenvalue weighted by Gasteiger charge is 2.46. The van der Waals surface area contributed by atoms with E-state index in [-0.39, 0.29) is 61.0 Å². The smallest absolute Gasteiger partial charge is 0.407 e. The van der Waals surface area contributed by atoms with Gasteiger partial charge in [0.25, 0.3) is 17.7 Å². The summed E-state index contributed by atoms with van der Waals surface area (Å²) in [5.41, 5.74) is 2.07. The summed E-state index contributed by atoms with van der Waals surface area (Å²) in [6.07, 6.45) is 6.96. The van der Waals surface area contributed by atoms with Crippen molar-refractivity contribution >= 4 is 64.7 Å². The molecule has 1 saturated carbocycles. The number of piperidine rings is 1. The van der Waals surface area contributed by atoms with Crippen LogP contribution < -0.4 is 35.8 Å². The molecule has 0 bridgehead atoms. The van der Waals surface area contributed by atoms with Crippen molar-refractivity contribution in [1.82, 2.24) is 30.8 Å². The van der Waals surface area contributed by atoms with E-state index in [1.54, 1.807) is 48.5 Å². The number of ether oxygens (including phenoxy) is 2. The molecule has 0 spiro atoms. The molecule has 2 fully saturated rings. The summed E-state index contributed by atoms with van der Waals surface area (Å²) in [7, 11) is 3.26. The summed E-state index contributed by atoms with van der Waals surface area (Å²) < 4.78 is 10.9. The van der Waals surface area contributed by atoms with Crippen molar-refractivity contribution in [3.05, 3.63) is 64.8 Å². The van der Waals surface area contributed by atoms with Crippen LogP contribution in [0.2, 0.25) is 0 Å². The van der Waals surface area contributed by atoms with E-state index < -0.39 is 35.8 Å². The molecule has 1 aromatic heterocycles. The Hall–Kier alpha value is -6.59. The lowest BCUT2D eigenvalue weighted by Gasteiger charge is -2.43. The zero-order valence-electron chi connectivity index (χ0n) is 33.2. The lowest BCUT2D eigenvalue weighted by molar-refractivity contribution is -0.136. The average molecular weight is 810 g/mol. The zero-order valence-corrected chi connectivity index (χ0v) is 33.2. The number of unbranched alkanes of at least 4 members (excludes halogenated alkanes) is 1. The van der Waals surface area contributed by atoms with Gasteiger partial charge in [0.1, 0.15) is 30.1 Å². The van der Waals surface area contributed by atoms with Crippen LogP contribution in [0, 0.1) is 0 Å². The molecule has 0 radical (unpaired) electrons. The molecule has 1 unspecified atom stereocenters. The number of likely N-dealkylation sites (N-methyl/N-ethyl adjacent to an activating group) is 1. The van der Waals surface area contributed by atoms with Crippen molar-refractivity contribution in [2.24, 2.45) is 0 Å². The number of nitrogens with zero attached hydrogens (tertiary/aromatic N) is 5. The zero-order chi connectivity index (χ0) is 41.8. The first-order valence-corrected chi connectivity index (χ1v) is 19.9. The van der Waals surface area contributed by atoms with Gasteiger partial charge in [0, 0.05) is 43.7 Å². The van der Waals surface area contributed by atoms with E-state index in [4.69, 9.17) is 14.5 Å². The summed E-state index contributed by atoms with van der Waals surface area (Å²) in [5.74, 6) is -1.30. The standard InChI is InChI=1S/C41H47N9O9/c1-4-28-38(55)48(2)30-21-44-40(47-34(30)49(28)25-11-5-6-12-25)45-27-15-14-23(20-31(27)58-3)35(52)42-18-7-8-19-43-41(57)59-22-24-10-9-13-26-33(24)39(56)50(37(26)54)29-16-17-32(51)46-36(29)53/h9-10,13-15,20-21,25,28-29H,4-8,11-12,16-19,22H2,1-3H3,(H,42,52)(H,43,57)(H,44,45,47)(H,46,51,53)/t28-,29?/m1/s1. The second-order valence-electron chi connectivity index (χ2n) is 14.9. The third-order valence-corrected chi connectivity index (χ3v) is 11.2. The predicted octanol–water partition coefficient (Wildman–Crippen LogP) is 3.57. The first kappa shape index (κ1) is 40.6. The van der Waals surface area contributed by atoms with E-state index in [0.717, 1.165) is 36.4 Å². The molecular formula is C41H47N9O9. The van der Waals surface area contributed by atoms with Crippen LogP contribution >= 0.6 is 0 Å². The Balaban J connectivity index is 0.871. The van der Waals surface area contributed by atoms with Crippen LogP contribution in [-0.2, 0) is 25.7 Å². The number of hydrogen-bond acceptors (Lipinski definition) is 13. The molecule has 18 nitrogen and oxygen atoms in total. The van der Waals surface area contributed by atoms with Crippen LogP contribution in [0.15, 0.2) is 42.6 Å². The van der Waals surface area contributed by atoms with Gasteiger partial charge in [0.15, 0.2) is 5.82 Å². The largest absolute Gasteiger partial charge is 0.495 e. The summed E-state index contributed by atoms with van der Waals surface area (Å²) >= 11 is 0. The Morgan fingerprint density at radius 1 is 0.966 bits per heavy atom. The maximum Gasteiger partial charge on any atom is 0.407 e. The quantitative estimate of drug-likeness (QED) is 0.135. The van der Waals surface area contributed by atoms with Crippen LogP contribution in [0.4, 0.5) is 27.9 Å². The predicted molar refractivity (Wildman–Crippen MR) is 213 cm³/mol. The summed E-state index contributed by atoms with van der Waals surface area (Å²) in [4.78, 5) is 103. The third kappa shape index (κ3) is 8.24. The number of carbonyl (C=O) groups excluding carboxylic acids is 7. The fraction of sp³-hybridized carbons (Fsp3) is 0.439. The molecule has 7 rings (SSSR count). The Labute approximate surface area is 340 Å². The van der Waals surface area contributed by atoms with E-state index in [9.17, 15) is 33.6 Å². The molecule has 4 heterocycles. The molecule has 3 aromatic rings. The Kier molecular flexibility index (Phi) is 12.0. The normalized spacial score (nSPS) is 19.0. The summed E-state index contributed by atoms with van der Waals surface area (Å²) in [5, 5.41) is 10.9. The number of anilines is 4. The van der Waals surface area contributed by atoms with Crippen molar-refractivity contribution in [2.75, 3.05) is 42.4 Å². The molecule has 3 aliphatic heterocycles. The molecule has 7 amide bonds. The number of hydrogen-bond donors (Lipinski definition) is 4. The Bertz CT molecular complexity index is 2190. The molecule has 4 N–H and O–H groups in total. The van der Waals surface area contributed by atoms with Gasteiger partial charge in [0.2, 0.25) is 23.7 Å². The van der Waals surface area contributed by atoms with Crippen molar-refractivity contribution in [2.45, 2.75) is 89.4 Å². The SMILES string of the molecule is CC[C@@H]1C(=O)N(C)c2cnc(Nc3ccc(C(=O)NCCCCNC(=O)OCc4cccc5c4C(=O)N(C4CCC(=O)NC4=O)C5=O)cc3OC)nc2N1C1CCCC1. The lowest BCUT2D eigenvalue weighted by atomic mass is 10.0. The molecule has 4 aliphatic rings. The monoisotopic (exact) mass is 809 g/mol. The number of nitrogens with one attached hydrogen (secondary N) is 4. The molecule has 59 heavy (non-hydrogen) atoms. The van der Waals surface area contributed by atoms with Gasteiger partial charge in [-0.25, -0.2) is 9.78 Å². The highest BCUT2D eigenvalue weighted by Crippen LogP contribution is 2.40. The van der Waals surface area contributed by atoms with Crippen molar-refractivity contribution in [3.8, 4) is 5.75 Å². The van der Waals surface area contributed by atoms with E-state index in [1.807, 2.05) is 6.92 Å². The molecule has 2 atom stereocenters. The molecule has 2 aromatic carbocycles. The molecule has 1 aliphatic carbocycles. The molecule has 18 heteroatoms. The van der Waals surface area contributed by atoms with Gasteiger partial charge in [-0.3, -0.25) is 39.0 Å². The number of alkyl carbamates (subject to hydrolysis) is 1. The van der Waals surface area contributed by atoms with E-state index in [1.165, 1.54) is 13.2 Å². The maximum absolute atomic E-state index is 13.3. The first-order chi connectivity index (χ1) is 28.5. The summed E-state index contributed by atoms with van der Waals surface area (Å²) in [6, 6.07) is 8.43. The van der Waals surface area contributed by atoms with Crippen LogP contribution in [0.1, 0.15) is 101 Å². The van der Waals surface area contributed by atoms with Crippen LogP contribution in [-0.4, -0.2) is 102 Å². The number of imide groups is 2. The number of carbonyl (C=O) groups is 7. The van der Waals surface area contributed by atoms with Gasteiger partial charge < -0.3 is 35.2 Å². The topological polar surface area (TPSA) is 222 Å². The van der Waals surface area contributed by atoms with Crippen LogP contribution in [0.3, 0.4) is 0 Å². The fourth-order valence-corrected chi connectivity index (χ4v) is 8.14. The molecule has 1 saturated heterocycles. The summed E-state index contributed by atoms with van der Waals surface area (Å²) in [6.45, 7) is 2.32. The molecular weight excluding hydrogens is 763 g/mol. The number of rotatable bonds is 14. The minimum atomic E-state index is -1.10. The number of methoxy groups -OCH3 is 1. The number of fused-ring (bicyclic) bond motifs is 2. The van der Waals surface area contributed by atoms with Gasteiger partial charge in [-0.2, -0.15) is 4.98 Å². The number of aromatic nitrogens is 2. The third-order valence-electron chi connectivity index (χ3n) is 11.2. The van der Waals surface area contributed by atoms with Crippen molar-refractivity contribution in [1.29, 1.82) is 0 Å². The van der Waals surface area contributed by atoms with E-state index >= 15 is 0 Å². The number of amides is 7. The molecule has 310 valence electrons. The highest BCUT2D eigenvalue weighted by atomic mass is 16.5. The number of benzene rings is 2. The first-order valence-electron chi connectivity index (χ1n) is 19.9. The van der Waals surface area contributed by atoms with Crippen LogP contribution in [0.25, 0.3) is 0 Å². The minimum absolute atomic E-state index is 0.00530. The Morgan fingerprint density at radius 2 is 1.73 bits per heavy atom. The van der Waals surface area contributed by atoms with Crippen molar-refractivity contribution in [3.63, 3.8) is 0 Å². The van der Waals surface area contributed by atoms with E-state index in [0.29, 0.717) is 60.0 Å². The van der Waals surface area contributed by atoms with Gasteiger partial charge in [-0.15, -0.1) is 0 Å². The van der Waals surface area contributed by atoms with E-state index in [2.05, 4.69) is 31.2 Å².